The van der Waals surface area contributed by atoms with Crippen LogP contribution in [-0.2, 0) is 14.8 Å². The number of hydrogen-bond acceptors (Lipinski definition) is 5. The minimum atomic E-state index is -3.71. The molecule has 0 spiro atoms. The molecule has 7 nitrogen and oxygen atoms in total. The van der Waals surface area contributed by atoms with E-state index in [0.29, 0.717) is 17.0 Å². The number of benzene rings is 2. The number of anilines is 1. The number of para-hydroxylation sites is 1. The van der Waals surface area contributed by atoms with E-state index in [4.69, 9.17) is 4.74 Å². The third-order valence-electron chi connectivity index (χ3n) is 3.69. The van der Waals surface area contributed by atoms with Crippen molar-refractivity contribution < 1.29 is 17.9 Å². The van der Waals surface area contributed by atoms with Gasteiger partial charge in [-0.2, -0.15) is 5.26 Å². The number of methoxy groups -OCH3 is 1. The van der Waals surface area contributed by atoms with Crippen molar-refractivity contribution >= 4 is 21.6 Å². The van der Waals surface area contributed by atoms with Crippen molar-refractivity contribution in [3.05, 3.63) is 54.1 Å². The molecule has 8 heteroatoms. The van der Waals surface area contributed by atoms with E-state index in [1.54, 1.807) is 36.4 Å². The van der Waals surface area contributed by atoms with Crippen LogP contribution in [0.1, 0.15) is 12.5 Å². The van der Waals surface area contributed by atoms with Crippen LogP contribution in [0.5, 0.6) is 5.75 Å². The van der Waals surface area contributed by atoms with Gasteiger partial charge in [0, 0.05) is 20.0 Å². The molecule has 0 aliphatic rings. The van der Waals surface area contributed by atoms with E-state index in [1.165, 1.54) is 31.1 Å². The number of carbonyl (C=O) groups is 1. The SMILES string of the molecule is COc1ccc(S(=O)(=O)NCCN(C(C)=O)c2ccccc2C#N)cc1. The molecule has 26 heavy (non-hydrogen) atoms. The zero-order valence-corrected chi connectivity index (χ0v) is 15.3. The fourth-order valence-electron chi connectivity index (χ4n) is 2.38. The molecule has 0 heterocycles. The third kappa shape index (κ3) is 4.59. The van der Waals surface area contributed by atoms with Crippen molar-refractivity contribution in [2.75, 3.05) is 25.1 Å². The molecule has 0 fully saturated rings. The lowest BCUT2D eigenvalue weighted by Gasteiger charge is -2.22. The molecule has 0 radical (unpaired) electrons. The van der Waals surface area contributed by atoms with E-state index in [9.17, 15) is 18.5 Å². The van der Waals surface area contributed by atoms with E-state index in [2.05, 4.69) is 4.72 Å². The van der Waals surface area contributed by atoms with Gasteiger partial charge in [0.1, 0.15) is 11.8 Å². The Kier molecular flexibility index (Phi) is 6.33. The van der Waals surface area contributed by atoms with Crippen molar-refractivity contribution in [2.45, 2.75) is 11.8 Å². The Morgan fingerprint density at radius 2 is 1.85 bits per heavy atom. The van der Waals surface area contributed by atoms with Crippen molar-refractivity contribution in [1.82, 2.24) is 4.72 Å². The van der Waals surface area contributed by atoms with Gasteiger partial charge in [-0.3, -0.25) is 4.79 Å². The van der Waals surface area contributed by atoms with Crippen LogP contribution in [0.25, 0.3) is 0 Å². The number of ether oxygens (including phenoxy) is 1. The molecule has 0 aliphatic heterocycles. The fourth-order valence-corrected chi connectivity index (χ4v) is 3.40. The Morgan fingerprint density at radius 3 is 2.42 bits per heavy atom. The molecule has 1 N–H and O–H groups in total. The monoisotopic (exact) mass is 373 g/mol. The van der Waals surface area contributed by atoms with Gasteiger partial charge in [0.2, 0.25) is 15.9 Å². The molecule has 136 valence electrons. The molecule has 0 unspecified atom stereocenters. The maximum absolute atomic E-state index is 12.3. The number of nitrogens with zero attached hydrogens (tertiary/aromatic N) is 2. The molecule has 0 aliphatic carbocycles. The summed E-state index contributed by atoms with van der Waals surface area (Å²) in [7, 11) is -2.22. The Labute approximate surface area is 152 Å². The molecule has 0 atom stereocenters. The van der Waals surface area contributed by atoms with E-state index in [1.807, 2.05) is 6.07 Å². The Balaban J connectivity index is 2.10. The van der Waals surface area contributed by atoms with Crippen LogP contribution >= 0.6 is 0 Å². The quantitative estimate of drug-likeness (QED) is 0.799. The van der Waals surface area contributed by atoms with Crippen molar-refractivity contribution in [1.29, 1.82) is 5.26 Å². The van der Waals surface area contributed by atoms with E-state index >= 15 is 0 Å². The van der Waals surface area contributed by atoms with Crippen LogP contribution in [0.2, 0.25) is 0 Å². The predicted octanol–water partition coefficient (Wildman–Crippen LogP) is 1.90. The van der Waals surface area contributed by atoms with Crippen molar-refractivity contribution in [3.63, 3.8) is 0 Å². The first-order chi connectivity index (χ1) is 12.4. The predicted molar refractivity (Wildman–Crippen MR) is 97.4 cm³/mol. The van der Waals surface area contributed by atoms with Crippen LogP contribution in [0.15, 0.2) is 53.4 Å². The number of hydrogen-bond donors (Lipinski definition) is 1. The van der Waals surface area contributed by atoms with Gasteiger partial charge in [0.05, 0.1) is 23.3 Å². The highest BCUT2D eigenvalue weighted by Crippen LogP contribution is 2.20. The molecule has 2 aromatic carbocycles. The summed E-state index contributed by atoms with van der Waals surface area (Å²) in [5.74, 6) is 0.274. The van der Waals surface area contributed by atoms with Gasteiger partial charge in [0.25, 0.3) is 0 Å². The van der Waals surface area contributed by atoms with Crippen LogP contribution in [0, 0.1) is 11.3 Å². The summed E-state index contributed by atoms with van der Waals surface area (Å²) in [6.45, 7) is 1.48. The summed E-state index contributed by atoms with van der Waals surface area (Å²) in [5, 5.41) is 9.19. The second-order valence-corrected chi connectivity index (χ2v) is 7.14. The largest absolute Gasteiger partial charge is 0.497 e. The van der Waals surface area contributed by atoms with E-state index in [-0.39, 0.29) is 23.9 Å². The maximum Gasteiger partial charge on any atom is 0.240 e. The zero-order chi connectivity index (χ0) is 19.2. The topological polar surface area (TPSA) is 99.5 Å². The minimum Gasteiger partial charge on any atom is -0.497 e. The van der Waals surface area contributed by atoms with Gasteiger partial charge in [0.15, 0.2) is 0 Å². The molecule has 0 aromatic heterocycles. The molecule has 0 bridgehead atoms. The number of rotatable bonds is 7. The van der Waals surface area contributed by atoms with Gasteiger partial charge < -0.3 is 9.64 Å². The van der Waals surface area contributed by atoms with Crippen LogP contribution in [-0.4, -0.2) is 34.5 Å². The van der Waals surface area contributed by atoms with Crippen molar-refractivity contribution in [2.24, 2.45) is 0 Å². The van der Waals surface area contributed by atoms with Crippen molar-refractivity contribution in [3.8, 4) is 11.8 Å². The fraction of sp³-hybridized carbons (Fsp3) is 0.222. The number of amides is 1. The van der Waals surface area contributed by atoms with Gasteiger partial charge in [-0.05, 0) is 36.4 Å². The third-order valence-corrected chi connectivity index (χ3v) is 5.17. The summed E-state index contributed by atoms with van der Waals surface area (Å²) >= 11 is 0. The molecule has 2 rings (SSSR count). The van der Waals surface area contributed by atoms with Gasteiger partial charge >= 0.3 is 0 Å². The van der Waals surface area contributed by atoms with Crippen LogP contribution < -0.4 is 14.4 Å². The molecule has 0 saturated carbocycles. The van der Waals surface area contributed by atoms with E-state index < -0.39 is 10.0 Å². The number of carbonyl (C=O) groups excluding carboxylic acids is 1. The van der Waals surface area contributed by atoms with Crippen LogP contribution in [0.4, 0.5) is 5.69 Å². The zero-order valence-electron chi connectivity index (χ0n) is 14.5. The molecule has 2 aromatic rings. The van der Waals surface area contributed by atoms with Gasteiger partial charge in [-0.1, -0.05) is 12.1 Å². The Morgan fingerprint density at radius 1 is 1.19 bits per heavy atom. The lowest BCUT2D eigenvalue weighted by molar-refractivity contribution is -0.116. The summed E-state index contributed by atoms with van der Waals surface area (Å²) < 4.78 is 32.1. The summed E-state index contributed by atoms with van der Waals surface area (Å²) in [6, 6.07) is 14.7. The standard InChI is InChI=1S/C18H19N3O4S/c1-14(22)21(18-6-4-3-5-15(18)13-19)12-11-20-26(23,24)17-9-7-16(25-2)8-10-17/h3-10,20H,11-12H2,1-2H3. The second-order valence-electron chi connectivity index (χ2n) is 5.37. The lowest BCUT2D eigenvalue weighted by atomic mass is 10.1. The molecular formula is C18H19N3O4S. The maximum atomic E-state index is 12.3. The smallest absolute Gasteiger partial charge is 0.240 e. The number of nitrogens with one attached hydrogen (secondary N) is 1. The number of sulfonamides is 1. The Bertz CT molecular complexity index is 918. The normalized spacial score (nSPS) is 10.8. The molecule has 1 amide bonds. The molecular weight excluding hydrogens is 354 g/mol. The average molecular weight is 373 g/mol. The van der Waals surface area contributed by atoms with E-state index in [0.717, 1.165) is 0 Å². The second kappa shape index (κ2) is 8.47. The summed E-state index contributed by atoms with van der Waals surface area (Å²) in [5.41, 5.74) is 0.798. The Hall–Kier alpha value is -2.89. The van der Waals surface area contributed by atoms with Gasteiger partial charge in [-0.25, -0.2) is 13.1 Å². The summed E-state index contributed by atoms with van der Waals surface area (Å²) in [6.07, 6.45) is 0. The first kappa shape index (κ1) is 19.4. The highest BCUT2D eigenvalue weighted by molar-refractivity contribution is 7.89. The highest BCUT2D eigenvalue weighted by Gasteiger charge is 2.18. The van der Waals surface area contributed by atoms with Gasteiger partial charge in [-0.15, -0.1) is 0 Å². The molecule has 0 saturated heterocycles. The first-order valence-corrected chi connectivity index (χ1v) is 9.28. The van der Waals surface area contributed by atoms with Crippen LogP contribution in [0.3, 0.4) is 0 Å². The number of nitriles is 1. The first-order valence-electron chi connectivity index (χ1n) is 7.80. The minimum absolute atomic E-state index is 0.00764. The lowest BCUT2D eigenvalue weighted by Crippen LogP contribution is -2.37. The average Bonchev–Trinajstić information content (AvgIpc) is 2.65. The highest BCUT2D eigenvalue weighted by atomic mass is 32.2. The summed E-state index contributed by atoms with van der Waals surface area (Å²) in [4.78, 5) is 13.4.